The van der Waals surface area contributed by atoms with Crippen LogP contribution in [0.3, 0.4) is 0 Å². The van der Waals surface area contributed by atoms with Crippen molar-refractivity contribution in [2.45, 2.75) is 24.8 Å². The van der Waals surface area contributed by atoms with Crippen molar-refractivity contribution in [2.24, 2.45) is 5.92 Å². The second-order valence-electron chi connectivity index (χ2n) is 5.14. The van der Waals surface area contributed by atoms with E-state index in [2.05, 4.69) is 9.82 Å². The third-order valence-electron chi connectivity index (χ3n) is 3.45. The molecule has 1 heterocycles. The van der Waals surface area contributed by atoms with Gasteiger partial charge in [-0.25, -0.2) is 22.2 Å². The lowest BCUT2D eigenvalue weighted by Gasteiger charge is -2.18. The molecule has 0 aliphatic heterocycles. The standard InChI is InChI=1S/C14H18FN3O3S/c1-10(9-19)11(2)17-22(20,21)12-7-16-18(8-12)14-6-4-3-5-13(14)15/h3-8,10-11,17,19H,9H2,1-2H3. The fourth-order valence-electron chi connectivity index (χ4n) is 1.80. The summed E-state index contributed by atoms with van der Waals surface area (Å²) in [6.45, 7) is 3.27. The molecule has 2 N–H and O–H groups in total. The number of nitrogens with zero attached hydrogens (tertiary/aromatic N) is 2. The molecular weight excluding hydrogens is 309 g/mol. The van der Waals surface area contributed by atoms with E-state index in [9.17, 15) is 12.8 Å². The van der Waals surface area contributed by atoms with Crippen molar-refractivity contribution >= 4 is 10.0 Å². The number of hydrogen-bond acceptors (Lipinski definition) is 4. The number of aliphatic hydroxyl groups excluding tert-OH is 1. The summed E-state index contributed by atoms with van der Waals surface area (Å²) in [4.78, 5) is -0.0623. The second kappa shape index (κ2) is 6.55. The summed E-state index contributed by atoms with van der Waals surface area (Å²) in [7, 11) is -3.78. The monoisotopic (exact) mass is 327 g/mol. The van der Waals surface area contributed by atoms with Crippen molar-refractivity contribution in [1.29, 1.82) is 0 Å². The Hall–Kier alpha value is -1.77. The Morgan fingerprint density at radius 1 is 1.36 bits per heavy atom. The smallest absolute Gasteiger partial charge is 0.243 e. The van der Waals surface area contributed by atoms with Crippen LogP contribution in [0.15, 0.2) is 41.6 Å². The Kier molecular flexibility index (Phi) is 4.94. The van der Waals surface area contributed by atoms with Crippen LogP contribution >= 0.6 is 0 Å². The maximum absolute atomic E-state index is 13.7. The number of benzene rings is 1. The number of sulfonamides is 1. The van der Waals surface area contributed by atoms with Gasteiger partial charge in [-0.3, -0.25) is 0 Å². The number of rotatable bonds is 6. The molecule has 22 heavy (non-hydrogen) atoms. The van der Waals surface area contributed by atoms with E-state index in [1.54, 1.807) is 26.0 Å². The summed E-state index contributed by atoms with van der Waals surface area (Å²) in [5.74, 6) is -0.721. The summed E-state index contributed by atoms with van der Waals surface area (Å²) in [6.07, 6.45) is 2.40. The number of nitrogens with one attached hydrogen (secondary N) is 1. The highest BCUT2D eigenvalue weighted by atomic mass is 32.2. The van der Waals surface area contributed by atoms with Crippen molar-refractivity contribution in [3.05, 3.63) is 42.5 Å². The van der Waals surface area contributed by atoms with Gasteiger partial charge >= 0.3 is 0 Å². The first-order valence-electron chi connectivity index (χ1n) is 6.78. The number of halogens is 1. The summed E-state index contributed by atoms with van der Waals surface area (Å²) < 4.78 is 41.8. The maximum Gasteiger partial charge on any atom is 0.243 e. The Balaban J connectivity index is 2.26. The van der Waals surface area contributed by atoms with E-state index in [1.807, 2.05) is 0 Å². The first-order chi connectivity index (χ1) is 10.3. The first-order valence-corrected chi connectivity index (χ1v) is 8.26. The fourth-order valence-corrected chi connectivity index (χ4v) is 3.08. The lowest BCUT2D eigenvalue weighted by Crippen LogP contribution is -2.38. The van der Waals surface area contributed by atoms with Gasteiger partial charge in [-0.2, -0.15) is 5.10 Å². The molecule has 0 fully saturated rings. The molecule has 120 valence electrons. The SMILES string of the molecule is CC(CO)C(C)NS(=O)(=O)c1cnn(-c2ccccc2F)c1. The van der Waals surface area contributed by atoms with Gasteiger partial charge in [0.1, 0.15) is 16.4 Å². The van der Waals surface area contributed by atoms with E-state index >= 15 is 0 Å². The molecule has 1 aromatic heterocycles. The molecule has 1 aromatic carbocycles. The van der Waals surface area contributed by atoms with Crippen molar-refractivity contribution < 1.29 is 17.9 Å². The molecule has 0 spiro atoms. The molecule has 0 bridgehead atoms. The van der Waals surface area contributed by atoms with Crippen LogP contribution in [-0.2, 0) is 10.0 Å². The topological polar surface area (TPSA) is 84.2 Å². The molecule has 6 nitrogen and oxygen atoms in total. The molecule has 0 aliphatic carbocycles. The minimum absolute atomic E-state index is 0.0623. The average molecular weight is 327 g/mol. The first kappa shape index (κ1) is 16.6. The number of aliphatic hydroxyl groups is 1. The fraction of sp³-hybridized carbons (Fsp3) is 0.357. The Bertz CT molecular complexity index is 745. The molecule has 8 heteroatoms. The lowest BCUT2D eigenvalue weighted by atomic mass is 10.1. The number of para-hydroxylation sites is 1. The van der Waals surface area contributed by atoms with Crippen LogP contribution in [0.2, 0.25) is 0 Å². The molecule has 2 rings (SSSR count). The van der Waals surface area contributed by atoms with Crippen molar-refractivity contribution in [1.82, 2.24) is 14.5 Å². The summed E-state index contributed by atoms with van der Waals surface area (Å²) in [5.41, 5.74) is 0.167. The molecule has 0 radical (unpaired) electrons. The van der Waals surface area contributed by atoms with Gasteiger partial charge in [0.15, 0.2) is 0 Å². The van der Waals surface area contributed by atoms with Gasteiger partial charge in [0.2, 0.25) is 10.0 Å². The van der Waals surface area contributed by atoms with E-state index < -0.39 is 21.9 Å². The van der Waals surface area contributed by atoms with Gasteiger partial charge in [0.25, 0.3) is 0 Å². The normalized spacial score (nSPS) is 14.7. The van der Waals surface area contributed by atoms with Gasteiger partial charge in [0.05, 0.1) is 12.4 Å². The summed E-state index contributed by atoms with van der Waals surface area (Å²) >= 11 is 0. The maximum atomic E-state index is 13.7. The molecular formula is C14H18FN3O3S. The molecule has 0 aliphatic rings. The summed E-state index contributed by atoms with van der Waals surface area (Å²) in [6, 6.07) is 5.51. The number of hydrogen-bond donors (Lipinski definition) is 2. The van der Waals surface area contributed by atoms with Crippen LogP contribution in [0.25, 0.3) is 5.69 Å². The van der Waals surface area contributed by atoms with Gasteiger partial charge in [-0.15, -0.1) is 0 Å². The Morgan fingerprint density at radius 2 is 2.05 bits per heavy atom. The highest BCUT2D eigenvalue weighted by Crippen LogP contribution is 2.16. The van der Waals surface area contributed by atoms with E-state index in [0.717, 1.165) is 6.20 Å². The van der Waals surface area contributed by atoms with Crippen LogP contribution in [-0.4, -0.2) is 36.0 Å². The minimum Gasteiger partial charge on any atom is -0.396 e. The Labute approximate surface area is 128 Å². The third-order valence-corrected chi connectivity index (χ3v) is 4.96. The average Bonchev–Trinajstić information content (AvgIpc) is 2.97. The largest absolute Gasteiger partial charge is 0.396 e. The predicted molar refractivity (Wildman–Crippen MR) is 79.6 cm³/mol. The zero-order chi connectivity index (χ0) is 16.3. The van der Waals surface area contributed by atoms with Gasteiger partial charge < -0.3 is 5.11 Å². The van der Waals surface area contributed by atoms with Gasteiger partial charge in [0, 0.05) is 12.6 Å². The number of aromatic nitrogens is 2. The third kappa shape index (κ3) is 3.52. The zero-order valence-electron chi connectivity index (χ0n) is 12.3. The Morgan fingerprint density at radius 3 is 2.68 bits per heavy atom. The van der Waals surface area contributed by atoms with Crippen LogP contribution in [0.1, 0.15) is 13.8 Å². The molecule has 2 aromatic rings. The van der Waals surface area contributed by atoms with E-state index in [0.29, 0.717) is 0 Å². The van der Waals surface area contributed by atoms with E-state index in [4.69, 9.17) is 5.11 Å². The second-order valence-corrected chi connectivity index (χ2v) is 6.86. The highest BCUT2D eigenvalue weighted by Gasteiger charge is 2.22. The van der Waals surface area contributed by atoms with Crippen molar-refractivity contribution in [2.75, 3.05) is 6.61 Å². The highest BCUT2D eigenvalue weighted by molar-refractivity contribution is 7.89. The molecule has 2 atom stereocenters. The van der Waals surface area contributed by atoms with Gasteiger partial charge in [-0.1, -0.05) is 19.1 Å². The van der Waals surface area contributed by atoms with Crippen molar-refractivity contribution in [3.63, 3.8) is 0 Å². The van der Waals surface area contributed by atoms with E-state index in [-0.39, 0.29) is 23.1 Å². The van der Waals surface area contributed by atoms with Crippen LogP contribution in [0.4, 0.5) is 4.39 Å². The van der Waals surface area contributed by atoms with Crippen molar-refractivity contribution in [3.8, 4) is 5.69 Å². The minimum atomic E-state index is -3.78. The van der Waals surface area contributed by atoms with Crippen LogP contribution in [0, 0.1) is 11.7 Å². The van der Waals surface area contributed by atoms with Gasteiger partial charge in [-0.05, 0) is 25.0 Å². The van der Waals surface area contributed by atoms with Crippen LogP contribution < -0.4 is 4.72 Å². The molecule has 0 amide bonds. The molecule has 2 unspecified atom stereocenters. The summed E-state index contributed by atoms with van der Waals surface area (Å²) in [5, 5.41) is 13.0. The molecule has 0 saturated carbocycles. The van der Waals surface area contributed by atoms with Crippen LogP contribution in [0.5, 0.6) is 0 Å². The quantitative estimate of drug-likeness (QED) is 0.838. The zero-order valence-corrected chi connectivity index (χ0v) is 13.1. The molecule has 0 saturated heterocycles. The lowest BCUT2D eigenvalue weighted by molar-refractivity contribution is 0.216. The van der Waals surface area contributed by atoms with E-state index in [1.165, 1.54) is 23.0 Å². The predicted octanol–water partition coefficient (Wildman–Crippen LogP) is 1.31.